The van der Waals surface area contributed by atoms with Crippen molar-refractivity contribution in [2.24, 2.45) is 11.8 Å². The lowest BCUT2D eigenvalue weighted by Crippen LogP contribution is -2.40. The van der Waals surface area contributed by atoms with E-state index in [1.165, 1.54) is 0 Å². The zero-order valence-corrected chi connectivity index (χ0v) is 14.5. The molecule has 0 spiro atoms. The number of halogens is 2. The number of nitrogen functional groups attached to an aromatic ring is 1. The number of anilines is 1. The van der Waals surface area contributed by atoms with Gasteiger partial charge in [-0.2, -0.15) is 0 Å². The fourth-order valence-corrected chi connectivity index (χ4v) is 4.38. The Kier molecular flexibility index (Phi) is 4.95. The van der Waals surface area contributed by atoms with Gasteiger partial charge in [0.15, 0.2) is 0 Å². The lowest BCUT2D eigenvalue weighted by Gasteiger charge is -2.32. The topological polar surface area (TPSA) is 72.2 Å². The van der Waals surface area contributed by atoms with Crippen LogP contribution in [0.15, 0.2) is 21.5 Å². The van der Waals surface area contributed by atoms with E-state index < -0.39 is 20.7 Å². The molecular formula is C14H20BrFN2O2S. The third kappa shape index (κ3) is 3.76. The number of nitrogens with two attached hydrogens (primary N) is 1. The summed E-state index contributed by atoms with van der Waals surface area (Å²) in [5.74, 6) is 0.234. The monoisotopic (exact) mass is 378 g/mol. The second kappa shape index (κ2) is 6.22. The second-order valence-electron chi connectivity index (χ2n) is 5.89. The molecule has 4 nitrogen and oxygen atoms in total. The van der Waals surface area contributed by atoms with Crippen LogP contribution in [0.5, 0.6) is 0 Å². The first-order chi connectivity index (χ1) is 9.70. The molecule has 2 rings (SSSR count). The van der Waals surface area contributed by atoms with Crippen molar-refractivity contribution in [2.45, 2.75) is 44.0 Å². The highest BCUT2D eigenvalue weighted by Gasteiger charge is 2.29. The van der Waals surface area contributed by atoms with Gasteiger partial charge in [-0.3, -0.25) is 0 Å². The first kappa shape index (κ1) is 16.7. The highest BCUT2D eigenvalue weighted by Crippen LogP contribution is 2.31. The molecule has 7 heteroatoms. The zero-order valence-electron chi connectivity index (χ0n) is 12.1. The van der Waals surface area contributed by atoms with Crippen molar-refractivity contribution < 1.29 is 12.8 Å². The summed E-state index contributed by atoms with van der Waals surface area (Å²) in [5.41, 5.74) is 5.85. The Hall–Kier alpha value is -0.660. The largest absolute Gasteiger partial charge is 0.398 e. The molecule has 1 aromatic rings. The van der Waals surface area contributed by atoms with Gasteiger partial charge in [0, 0.05) is 16.2 Å². The van der Waals surface area contributed by atoms with Crippen molar-refractivity contribution in [3.63, 3.8) is 0 Å². The van der Waals surface area contributed by atoms with Crippen LogP contribution in [0, 0.1) is 17.7 Å². The first-order valence-electron chi connectivity index (χ1n) is 6.97. The Morgan fingerprint density at radius 3 is 2.57 bits per heavy atom. The maximum atomic E-state index is 13.9. The van der Waals surface area contributed by atoms with Gasteiger partial charge in [-0.15, -0.1) is 0 Å². The first-order valence-corrected chi connectivity index (χ1v) is 9.25. The van der Waals surface area contributed by atoms with Crippen LogP contribution in [-0.2, 0) is 10.0 Å². The lowest BCUT2D eigenvalue weighted by molar-refractivity contribution is 0.241. The maximum Gasteiger partial charge on any atom is 0.243 e. The number of hydrogen-bond acceptors (Lipinski definition) is 3. The van der Waals surface area contributed by atoms with Crippen molar-refractivity contribution in [2.75, 3.05) is 5.73 Å². The Bertz CT molecular complexity index is 636. The summed E-state index contributed by atoms with van der Waals surface area (Å²) < 4.78 is 41.6. The van der Waals surface area contributed by atoms with E-state index >= 15 is 0 Å². The molecule has 0 radical (unpaired) electrons. The van der Waals surface area contributed by atoms with Crippen molar-refractivity contribution >= 4 is 31.6 Å². The van der Waals surface area contributed by atoms with Crippen LogP contribution >= 0.6 is 15.9 Å². The minimum atomic E-state index is -3.90. The van der Waals surface area contributed by atoms with E-state index in [2.05, 4.69) is 34.5 Å². The van der Waals surface area contributed by atoms with Gasteiger partial charge in [0.1, 0.15) is 10.7 Å². The van der Waals surface area contributed by atoms with E-state index in [4.69, 9.17) is 5.73 Å². The van der Waals surface area contributed by atoms with Gasteiger partial charge in [0.2, 0.25) is 10.0 Å². The molecule has 118 valence electrons. The molecule has 0 amide bonds. The smallest absolute Gasteiger partial charge is 0.243 e. The molecule has 1 fully saturated rings. The minimum absolute atomic E-state index is 0.148. The van der Waals surface area contributed by atoms with Crippen LogP contribution in [-0.4, -0.2) is 14.5 Å². The summed E-state index contributed by atoms with van der Waals surface area (Å²) in [7, 11) is -3.90. The Morgan fingerprint density at radius 2 is 1.95 bits per heavy atom. The average molecular weight is 379 g/mol. The van der Waals surface area contributed by atoms with Gasteiger partial charge < -0.3 is 5.73 Å². The van der Waals surface area contributed by atoms with E-state index in [1.54, 1.807) is 0 Å². The molecule has 1 aliphatic rings. The summed E-state index contributed by atoms with van der Waals surface area (Å²) in [4.78, 5) is -0.394. The molecule has 3 atom stereocenters. The normalized spacial score (nSPS) is 26.8. The Morgan fingerprint density at radius 1 is 1.29 bits per heavy atom. The van der Waals surface area contributed by atoms with Gasteiger partial charge in [0.05, 0.1) is 0 Å². The van der Waals surface area contributed by atoms with Crippen LogP contribution in [0.25, 0.3) is 0 Å². The minimum Gasteiger partial charge on any atom is -0.398 e. The van der Waals surface area contributed by atoms with E-state index in [0.717, 1.165) is 31.4 Å². The van der Waals surface area contributed by atoms with E-state index in [-0.39, 0.29) is 11.7 Å². The predicted molar refractivity (Wildman–Crippen MR) is 84.8 cm³/mol. The highest BCUT2D eigenvalue weighted by molar-refractivity contribution is 9.10. The number of sulfonamides is 1. The van der Waals surface area contributed by atoms with Crippen LogP contribution in [0.2, 0.25) is 0 Å². The number of hydrogen-bond donors (Lipinski definition) is 2. The van der Waals surface area contributed by atoms with Crippen molar-refractivity contribution in [3.8, 4) is 0 Å². The van der Waals surface area contributed by atoms with E-state index in [0.29, 0.717) is 16.3 Å². The van der Waals surface area contributed by atoms with Gasteiger partial charge in [-0.25, -0.2) is 17.5 Å². The van der Waals surface area contributed by atoms with Crippen molar-refractivity contribution in [3.05, 3.63) is 22.4 Å². The zero-order chi connectivity index (χ0) is 15.8. The maximum absolute atomic E-state index is 13.9. The van der Waals surface area contributed by atoms with Gasteiger partial charge in [-0.1, -0.05) is 13.8 Å². The van der Waals surface area contributed by atoms with Gasteiger partial charge in [0.25, 0.3) is 0 Å². The molecule has 1 aliphatic carbocycles. The van der Waals surface area contributed by atoms with Crippen LogP contribution < -0.4 is 10.5 Å². The Labute approximate surface area is 133 Å². The molecule has 0 aliphatic heterocycles. The van der Waals surface area contributed by atoms with E-state index in [9.17, 15) is 12.8 Å². The molecule has 0 bridgehead atoms. The van der Waals surface area contributed by atoms with Gasteiger partial charge >= 0.3 is 0 Å². The van der Waals surface area contributed by atoms with Crippen LogP contribution in [0.4, 0.5) is 10.1 Å². The SMILES string of the molecule is CC1CCC(NS(=O)(=O)c2cc(N)c(Br)cc2F)CC1C. The summed E-state index contributed by atoms with van der Waals surface area (Å²) in [6, 6.07) is 2.08. The molecule has 1 saturated carbocycles. The molecule has 21 heavy (non-hydrogen) atoms. The predicted octanol–water partition coefficient (Wildman–Crippen LogP) is 3.27. The quantitative estimate of drug-likeness (QED) is 0.792. The summed E-state index contributed by atoms with van der Waals surface area (Å²) in [5, 5.41) is 0. The summed E-state index contributed by atoms with van der Waals surface area (Å²) in [6.45, 7) is 4.29. The second-order valence-corrected chi connectivity index (χ2v) is 8.43. The molecule has 0 aromatic heterocycles. The van der Waals surface area contributed by atoms with E-state index in [1.807, 2.05) is 0 Å². The fourth-order valence-electron chi connectivity index (χ4n) is 2.69. The number of nitrogens with one attached hydrogen (secondary N) is 1. The highest BCUT2D eigenvalue weighted by atomic mass is 79.9. The van der Waals surface area contributed by atoms with Crippen molar-refractivity contribution in [1.29, 1.82) is 0 Å². The summed E-state index contributed by atoms with van der Waals surface area (Å²) >= 11 is 3.08. The summed E-state index contributed by atoms with van der Waals surface area (Å²) in [6.07, 6.45) is 2.52. The number of rotatable bonds is 3. The van der Waals surface area contributed by atoms with Crippen LogP contribution in [0.3, 0.4) is 0 Å². The Balaban J connectivity index is 2.21. The average Bonchev–Trinajstić information content (AvgIpc) is 2.37. The van der Waals surface area contributed by atoms with Gasteiger partial charge in [-0.05, 0) is 59.2 Å². The molecule has 0 saturated heterocycles. The molecular weight excluding hydrogens is 359 g/mol. The molecule has 3 unspecified atom stereocenters. The van der Waals surface area contributed by atoms with Crippen molar-refractivity contribution in [1.82, 2.24) is 4.72 Å². The van der Waals surface area contributed by atoms with Crippen LogP contribution in [0.1, 0.15) is 33.1 Å². The molecule has 0 heterocycles. The standard InChI is InChI=1S/C14H20BrFN2O2S/c1-8-3-4-10(5-9(8)2)18-21(19,20)14-7-13(17)11(15)6-12(14)16/h6-10,18H,3-5,17H2,1-2H3. The third-order valence-corrected chi connectivity index (χ3v) is 6.48. The molecule has 1 aromatic carbocycles. The lowest BCUT2D eigenvalue weighted by atomic mass is 9.79. The third-order valence-electron chi connectivity index (χ3n) is 4.26. The number of benzene rings is 1. The fraction of sp³-hybridized carbons (Fsp3) is 0.571. The molecule has 3 N–H and O–H groups in total.